The summed E-state index contributed by atoms with van der Waals surface area (Å²) in [4.78, 5) is 7.79. The number of benzene rings is 1. The van der Waals surface area contributed by atoms with Gasteiger partial charge in [0.25, 0.3) is 0 Å². The van der Waals surface area contributed by atoms with Crippen LogP contribution in [0.3, 0.4) is 0 Å². The Labute approximate surface area is 120 Å². The number of halogens is 1. The minimum absolute atomic E-state index is 0.554. The first kappa shape index (κ1) is 13.5. The van der Waals surface area contributed by atoms with Crippen LogP contribution in [-0.4, -0.2) is 12.0 Å². The number of nitrogens with zero attached hydrogens (tertiary/aromatic N) is 2. The van der Waals surface area contributed by atoms with E-state index in [4.69, 9.17) is 5.73 Å². The third-order valence-electron chi connectivity index (χ3n) is 2.92. The second-order valence-corrected chi connectivity index (χ2v) is 5.99. The van der Waals surface area contributed by atoms with Crippen LogP contribution in [0.2, 0.25) is 0 Å². The number of hydrogen-bond acceptors (Lipinski definition) is 4. The molecule has 18 heavy (non-hydrogen) atoms. The quantitative estimate of drug-likeness (QED) is 0.937. The summed E-state index contributed by atoms with van der Waals surface area (Å²) < 4.78 is 1.07. The van der Waals surface area contributed by atoms with Crippen molar-refractivity contribution in [1.82, 2.24) is 4.98 Å². The van der Waals surface area contributed by atoms with Gasteiger partial charge in [-0.25, -0.2) is 4.98 Å². The second kappa shape index (κ2) is 5.82. The van der Waals surface area contributed by atoms with Crippen LogP contribution in [-0.2, 0) is 13.1 Å². The van der Waals surface area contributed by atoms with Crippen LogP contribution in [0.4, 0.5) is 5.69 Å². The monoisotopic (exact) mass is 325 g/mol. The molecule has 0 fully saturated rings. The molecule has 5 heteroatoms. The fourth-order valence-corrected chi connectivity index (χ4v) is 3.08. The van der Waals surface area contributed by atoms with Gasteiger partial charge in [-0.15, -0.1) is 11.3 Å². The molecule has 0 spiro atoms. The van der Waals surface area contributed by atoms with E-state index in [1.54, 1.807) is 11.3 Å². The van der Waals surface area contributed by atoms with Crippen LogP contribution in [0, 0.1) is 6.92 Å². The van der Waals surface area contributed by atoms with E-state index in [1.165, 1.54) is 10.6 Å². The molecule has 1 aromatic carbocycles. The molecule has 96 valence electrons. The Kier molecular flexibility index (Phi) is 4.37. The molecule has 0 saturated heterocycles. The van der Waals surface area contributed by atoms with Gasteiger partial charge in [0.15, 0.2) is 0 Å². The molecule has 0 radical (unpaired) electrons. The third kappa shape index (κ3) is 2.91. The predicted octanol–water partition coefficient (Wildman–Crippen LogP) is 3.31. The van der Waals surface area contributed by atoms with Gasteiger partial charge in [0.2, 0.25) is 0 Å². The van der Waals surface area contributed by atoms with Crippen LogP contribution in [0.15, 0.2) is 28.2 Å². The van der Waals surface area contributed by atoms with Gasteiger partial charge in [-0.1, -0.05) is 22.0 Å². The van der Waals surface area contributed by atoms with Crippen molar-refractivity contribution in [2.45, 2.75) is 20.0 Å². The van der Waals surface area contributed by atoms with Crippen molar-refractivity contribution < 1.29 is 0 Å². The van der Waals surface area contributed by atoms with Crippen molar-refractivity contribution in [2.24, 2.45) is 5.73 Å². The lowest BCUT2D eigenvalue weighted by Gasteiger charge is -2.19. The zero-order valence-electron chi connectivity index (χ0n) is 10.5. The second-order valence-electron chi connectivity index (χ2n) is 4.20. The Bertz CT molecular complexity index is 539. The van der Waals surface area contributed by atoms with Crippen LogP contribution >= 0.6 is 27.3 Å². The van der Waals surface area contributed by atoms with E-state index >= 15 is 0 Å². The highest BCUT2D eigenvalue weighted by Gasteiger charge is 2.08. The zero-order valence-corrected chi connectivity index (χ0v) is 12.9. The number of thiazole rings is 1. The fraction of sp³-hybridized carbons (Fsp3) is 0.308. The van der Waals surface area contributed by atoms with Gasteiger partial charge in [-0.05, 0) is 24.6 Å². The molecule has 2 rings (SSSR count). The Morgan fingerprint density at radius 2 is 2.22 bits per heavy atom. The summed E-state index contributed by atoms with van der Waals surface area (Å²) in [5.74, 6) is 0. The van der Waals surface area contributed by atoms with E-state index in [9.17, 15) is 0 Å². The lowest BCUT2D eigenvalue weighted by molar-refractivity contribution is 0.923. The maximum atomic E-state index is 5.66. The highest BCUT2D eigenvalue weighted by Crippen LogP contribution is 2.25. The molecule has 2 aromatic rings. The van der Waals surface area contributed by atoms with Crippen LogP contribution < -0.4 is 10.6 Å². The van der Waals surface area contributed by atoms with Crippen molar-refractivity contribution in [3.05, 3.63) is 44.3 Å². The minimum Gasteiger partial charge on any atom is -0.369 e. The SMILES string of the molecule is Cc1ncsc1CN(C)c1ccc(CN)c(Br)c1. The highest BCUT2D eigenvalue weighted by molar-refractivity contribution is 9.10. The fourth-order valence-electron chi connectivity index (χ4n) is 1.72. The number of hydrogen-bond donors (Lipinski definition) is 1. The van der Waals surface area contributed by atoms with Crippen molar-refractivity contribution >= 4 is 33.0 Å². The van der Waals surface area contributed by atoms with Gasteiger partial charge >= 0.3 is 0 Å². The number of rotatable bonds is 4. The van der Waals surface area contributed by atoms with Crippen LogP contribution in [0.5, 0.6) is 0 Å². The largest absolute Gasteiger partial charge is 0.369 e. The molecule has 3 nitrogen and oxygen atoms in total. The van der Waals surface area contributed by atoms with E-state index in [2.05, 4.69) is 51.1 Å². The van der Waals surface area contributed by atoms with E-state index in [0.29, 0.717) is 6.54 Å². The van der Waals surface area contributed by atoms with E-state index < -0.39 is 0 Å². The highest BCUT2D eigenvalue weighted by atomic mass is 79.9. The minimum atomic E-state index is 0.554. The maximum Gasteiger partial charge on any atom is 0.0798 e. The molecule has 1 aromatic heterocycles. The number of anilines is 1. The smallest absolute Gasteiger partial charge is 0.0798 e. The molecule has 0 aliphatic carbocycles. The summed E-state index contributed by atoms with van der Waals surface area (Å²) in [6.07, 6.45) is 0. The van der Waals surface area contributed by atoms with Crippen LogP contribution in [0.1, 0.15) is 16.1 Å². The molecule has 2 N–H and O–H groups in total. The van der Waals surface area contributed by atoms with Gasteiger partial charge in [0.05, 0.1) is 17.7 Å². The summed E-state index contributed by atoms with van der Waals surface area (Å²) in [5, 5.41) is 0. The van der Waals surface area contributed by atoms with E-state index in [1.807, 2.05) is 12.4 Å². The molecule has 0 saturated carbocycles. The molecule has 0 aliphatic rings. The van der Waals surface area contributed by atoms with Gasteiger partial charge in [0, 0.05) is 28.6 Å². The molecule has 0 bridgehead atoms. The molecule has 1 heterocycles. The number of nitrogens with two attached hydrogens (primary N) is 1. The summed E-state index contributed by atoms with van der Waals surface area (Å²) in [7, 11) is 2.09. The van der Waals surface area contributed by atoms with Gasteiger partial charge in [-0.3, -0.25) is 0 Å². The number of aromatic nitrogens is 1. The first-order valence-corrected chi connectivity index (χ1v) is 7.37. The van der Waals surface area contributed by atoms with Gasteiger partial charge < -0.3 is 10.6 Å². The summed E-state index contributed by atoms with van der Waals surface area (Å²) in [6, 6.07) is 6.28. The summed E-state index contributed by atoms with van der Waals surface area (Å²) in [5.41, 5.74) is 11.0. The van der Waals surface area contributed by atoms with Crippen molar-refractivity contribution in [2.75, 3.05) is 11.9 Å². The topological polar surface area (TPSA) is 42.2 Å². The Morgan fingerprint density at radius 3 is 2.78 bits per heavy atom. The average molecular weight is 326 g/mol. The molecular weight excluding hydrogens is 310 g/mol. The number of aryl methyl sites for hydroxylation is 1. The third-order valence-corrected chi connectivity index (χ3v) is 4.58. The Hall–Kier alpha value is -0.910. The summed E-state index contributed by atoms with van der Waals surface area (Å²) in [6.45, 7) is 3.48. The lowest BCUT2D eigenvalue weighted by Crippen LogP contribution is -2.16. The van der Waals surface area contributed by atoms with Crippen molar-refractivity contribution in [1.29, 1.82) is 0 Å². The molecule has 0 aliphatic heterocycles. The molecule has 0 atom stereocenters. The Morgan fingerprint density at radius 1 is 1.44 bits per heavy atom. The van der Waals surface area contributed by atoms with Crippen LogP contribution in [0.25, 0.3) is 0 Å². The molecule has 0 amide bonds. The standard InChI is InChI=1S/C13H16BrN3S/c1-9-13(18-8-16-9)7-17(2)11-4-3-10(6-15)12(14)5-11/h3-5,8H,6-7,15H2,1-2H3. The van der Waals surface area contributed by atoms with Gasteiger partial charge in [-0.2, -0.15) is 0 Å². The Balaban J connectivity index is 2.16. The first-order valence-electron chi connectivity index (χ1n) is 5.70. The molecule has 0 unspecified atom stereocenters. The average Bonchev–Trinajstić information content (AvgIpc) is 2.75. The normalized spacial score (nSPS) is 10.7. The van der Waals surface area contributed by atoms with Crippen molar-refractivity contribution in [3.63, 3.8) is 0 Å². The predicted molar refractivity (Wildman–Crippen MR) is 81.0 cm³/mol. The lowest BCUT2D eigenvalue weighted by atomic mass is 10.2. The maximum absolute atomic E-state index is 5.66. The zero-order chi connectivity index (χ0) is 13.1. The summed E-state index contributed by atoms with van der Waals surface area (Å²) >= 11 is 5.25. The van der Waals surface area contributed by atoms with Gasteiger partial charge in [0.1, 0.15) is 0 Å². The molecular formula is C13H16BrN3S. The van der Waals surface area contributed by atoms with Crippen molar-refractivity contribution in [3.8, 4) is 0 Å². The first-order chi connectivity index (χ1) is 8.61. The van der Waals surface area contributed by atoms with E-state index in [0.717, 1.165) is 22.3 Å². The van der Waals surface area contributed by atoms with E-state index in [-0.39, 0.29) is 0 Å².